The molecule has 6 heteroatoms. The van der Waals surface area contributed by atoms with Crippen molar-refractivity contribution in [3.63, 3.8) is 0 Å². The Hall–Kier alpha value is -2.52. The molecule has 27 heavy (non-hydrogen) atoms. The summed E-state index contributed by atoms with van der Waals surface area (Å²) in [6, 6.07) is 13.6. The van der Waals surface area contributed by atoms with Crippen LogP contribution in [0.2, 0.25) is 0 Å². The second-order valence-corrected chi connectivity index (χ2v) is 7.89. The molecule has 0 saturated heterocycles. The molecule has 0 spiro atoms. The molecule has 3 aromatic rings. The van der Waals surface area contributed by atoms with E-state index in [1.807, 2.05) is 18.2 Å². The first-order valence-electron chi connectivity index (χ1n) is 8.55. The lowest BCUT2D eigenvalue weighted by Crippen LogP contribution is -2.05. The third kappa shape index (κ3) is 3.40. The van der Waals surface area contributed by atoms with Crippen molar-refractivity contribution in [1.82, 2.24) is 0 Å². The number of nitriles is 1. The highest BCUT2D eigenvalue weighted by Gasteiger charge is 2.41. The van der Waals surface area contributed by atoms with Gasteiger partial charge in [0, 0.05) is 21.9 Å². The van der Waals surface area contributed by atoms with Gasteiger partial charge in [-0.15, -0.1) is 11.3 Å². The zero-order valence-electron chi connectivity index (χ0n) is 14.5. The molecule has 2 atom stereocenters. The highest BCUT2D eigenvalue weighted by atomic mass is 32.1. The second-order valence-electron chi connectivity index (χ2n) is 6.75. The average Bonchev–Trinajstić information content (AvgIpc) is 3.34. The van der Waals surface area contributed by atoms with Gasteiger partial charge < -0.3 is 4.74 Å². The van der Waals surface area contributed by atoms with E-state index in [0.717, 1.165) is 38.8 Å². The lowest BCUT2D eigenvalue weighted by atomic mass is 10.00. The fourth-order valence-corrected chi connectivity index (χ4v) is 4.80. The normalized spacial score (nSPS) is 19.1. The van der Waals surface area contributed by atoms with Crippen LogP contribution in [0.1, 0.15) is 33.9 Å². The second kappa shape index (κ2) is 6.58. The third-order valence-corrected chi connectivity index (χ3v) is 6.14. The number of ether oxygens (including phenoxy) is 1. The first-order valence-corrected chi connectivity index (χ1v) is 9.37. The Morgan fingerprint density at radius 1 is 1.22 bits per heavy atom. The molecule has 4 rings (SSSR count). The standard InChI is InChI=1S/C21H16F3NOS/c1-26-15-5-6-18-17(10-15)20(16-9-13(16)11-25)19(27-18)8-12-3-2-4-14(7-12)21(22,23)24/h2-7,10,13,16H,8-9H2,1H3/t13-,16+/m0/s1. The quantitative estimate of drug-likeness (QED) is 0.538. The lowest BCUT2D eigenvalue weighted by molar-refractivity contribution is -0.137. The molecule has 0 N–H and O–H groups in total. The predicted molar refractivity (Wildman–Crippen MR) is 99.1 cm³/mol. The molecule has 1 aliphatic carbocycles. The predicted octanol–water partition coefficient (Wildman–Crippen LogP) is 6.15. The van der Waals surface area contributed by atoms with Crippen molar-refractivity contribution in [3.05, 3.63) is 64.0 Å². The summed E-state index contributed by atoms with van der Waals surface area (Å²) in [5.41, 5.74) is 1.09. The number of thiophene rings is 1. The summed E-state index contributed by atoms with van der Waals surface area (Å²) < 4.78 is 45.5. The molecule has 0 bridgehead atoms. The zero-order chi connectivity index (χ0) is 19.2. The number of alkyl halides is 3. The smallest absolute Gasteiger partial charge is 0.416 e. The van der Waals surface area contributed by atoms with E-state index in [2.05, 4.69) is 6.07 Å². The van der Waals surface area contributed by atoms with Gasteiger partial charge in [0.15, 0.2) is 0 Å². The molecule has 2 aromatic carbocycles. The van der Waals surface area contributed by atoms with Crippen LogP contribution in [-0.2, 0) is 12.6 Å². The molecule has 1 fully saturated rings. The Morgan fingerprint density at radius 2 is 2.04 bits per heavy atom. The fraction of sp³-hybridized carbons (Fsp3) is 0.286. The van der Waals surface area contributed by atoms with Crippen LogP contribution >= 0.6 is 11.3 Å². The maximum Gasteiger partial charge on any atom is 0.416 e. The molecule has 0 radical (unpaired) electrons. The number of methoxy groups -OCH3 is 1. The summed E-state index contributed by atoms with van der Waals surface area (Å²) in [5.74, 6) is 0.868. The first-order chi connectivity index (χ1) is 12.9. The van der Waals surface area contributed by atoms with E-state index >= 15 is 0 Å². The minimum Gasteiger partial charge on any atom is -0.497 e. The summed E-state index contributed by atoms with van der Waals surface area (Å²) in [4.78, 5) is 1.03. The van der Waals surface area contributed by atoms with Crippen LogP contribution in [0.25, 0.3) is 10.1 Å². The largest absolute Gasteiger partial charge is 0.497 e. The van der Waals surface area contributed by atoms with Gasteiger partial charge in [0.2, 0.25) is 0 Å². The highest BCUT2D eigenvalue weighted by molar-refractivity contribution is 7.19. The van der Waals surface area contributed by atoms with E-state index in [4.69, 9.17) is 4.74 Å². The van der Waals surface area contributed by atoms with Gasteiger partial charge in [-0.3, -0.25) is 0 Å². The van der Waals surface area contributed by atoms with Crippen molar-refractivity contribution in [2.45, 2.75) is 24.9 Å². The van der Waals surface area contributed by atoms with Crippen LogP contribution in [0, 0.1) is 17.2 Å². The van der Waals surface area contributed by atoms with E-state index < -0.39 is 11.7 Å². The van der Waals surface area contributed by atoms with E-state index in [9.17, 15) is 18.4 Å². The number of hydrogen-bond donors (Lipinski definition) is 0. The number of rotatable bonds is 4. The van der Waals surface area contributed by atoms with Crippen LogP contribution in [-0.4, -0.2) is 7.11 Å². The van der Waals surface area contributed by atoms with E-state index in [0.29, 0.717) is 12.0 Å². The number of hydrogen-bond acceptors (Lipinski definition) is 3. The molecule has 1 heterocycles. The molecule has 1 aliphatic rings. The summed E-state index contributed by atoms with van der Waals surface area (Å²) >= 11 is 1.59. The van der Waals surface area contributed by atoms with E-state index in [-0.39, 0.29) is 11.8 Å². The van der Waals surface area contributed by atoms with E-state index in [1.54, 1.807) is 24.5 Å². The van der Waals surface area contributed by atoms with Crippen LogP contribution in [0.15, 0.2) is 42.5 Å². The Labute approximate surface area is 158 Å². The van der Waals surface area contributed by atoms with Gasteiger partial charge in [-0.05, 0) is 47.2 Å². The molecular weight excluding hydrogens is 371 g/mol. The number of fused-ring (bicyclic) bond motifs is 1. The lowest BCUT2D eigenvalue weighted by Gasteiger charge is -2.09. The molecular formula is C21H16F3NOS. The van der Waals surface area contributed by atoms with Crippen LogP contribution in [0.5, 0.6) is 5.75 Å². The van der Waals surface area contributed by atoms with Gasteiger partial charge in [-0.25, -0.2) is 0 Å². The maximum atomic E-state index is 13.0. The summed E-state index contributed by atoms with van der Waals surface area (Å²) in [7, 11) is 1.60. The van der Waals surface area contributed by atoms with Gasteiger partial charge >= 0.3 is 6.18 Å². The van der Waals surface area contributed by atoms with Crippen molar-refractivity contribution >= 4 is 21.4 Å². The molecule has 0 aliphatic heterocycles. The molecule has 138 valence electrons. The van der Waals surface area contributed by atoms with Gasteiger partial charge in [0.05, 0.1) is 24.7 Å². The maximum absolute atomic E-state index is 13.0. The summed E-state index contributed by atoms with van der Waals surface area (Å²) in [6.45, 7) is 0. The van der Waals surface area contributed by atoms with Gasteiger partial charge in [0.1, 0.15) is 5.75 Å². The number of nitrogens with zero attached hydrogens (tertiary/aromatic N) is 1. The highest BCUT2D eigenvalue weighted by Crippen LogP contribution is 2.53. The molecule has 0 amide bonds. The Morgan fingerprint density at radius 3 is 2.70 bits per heavy atom. The Balaban J connectivity index is 1.78. The van der Waals surface area contributed by atoms with Crippen molar-refractivity contribution in [2.75, 3.05) is 7.11 Å². The fourth-order valence-electron chi connectivity index (χ4n) is 3.51. The van der Waals surface area contributed by atoms with Crippen LogP contribution in [0.3, 0.4) is 0 Å². The monoisotopic (exact) mass is 387 g/mol. The molecule has 1 aromatic heterocycles. The van der Waals surface area contributed by atoms with Crippen LogP contribution < -0.4 is 4.74 Å². The Kier molecular flexibility index (Phi) is 4.35. The van der Waals surface area contributed by atoms with Crippen molar-refractivity contribution < 1.29 is 17.9 Å². The third-order valence-electron chi connectivity index (χ3n) is 4.96. The minimum atomic E-state index is -4.35. The van der Waals surface area contributed by atoms with Crippen LogP contribution in [0.4, 0.5) is 13.2 Å². The van der Waals surface area contributed by atoms with E-state index in [1.165, 1.54) is 12.1 Å². The summed E-state index contributed by atoms with van der Waals surface area (Å²) in [6.07, 6.45) is -3.13. The topological polar surface area (TPSA) is 33.0 Å². The molecule has 1 saturated carbocycles. The van der Waals surface area contributed by atoms with Crippen molar-refractivity contribution in [1.29, 1.82) is 5.26 Å². The number of benzene rings is 2. The van der Waals surface area contributed by atoms with Crippen molar-refractivity contribution in [2.24, 2.45) is 5.92 Å². The first kappa shape index (κ1) is 17.9. The average molecular weight is 387 g/mol. The SMILES string of the molecule is COc1ccc2sc(Cc3cccc(C(F)(F)F)c3)c([C@@H]3C[C@H]3C#N)c2c1. The molecule has 0 unspecified atom stereocenters. The summed E-state index contributed by atoms with van der Waals surface area (Å²) in [5, 5.41) is 10.3. The molecule has 2 nitrogen and oxygen atoms in total. The zero-order valence-corrected chi connectivity index (χ0v) is 15.3. The van der Waals surface area contributed by atoms with Crippen molar-refractivity contribution in [3.8, 4) is 11.8 Å². The Bertz CT molecular complexity index is 1050. The van der Waals surface area contributed by atoms with Gasteiger partial charge in [-0.1, -0.05) is 18.2 Å². The van der Waals surface area contributed by atoms with Gasteiger partial charge in [0.25, 0.3) is 0 Å². The minimum absolute atomic E-state index is 0.0192. The number of halogens is 3. The van der Waals surface area contributed by atoms with Gasteiger partial charge in [-0.2, -0.15) is 18.4 Å².